The number of para-hydroxylation sites is 1. The van der Waals surface area contributed by atoms with Crippen LogP contribution in [0.25, 0.3) is 0 Å². The lowest BCUT2D eigenvalue weighted by Gasteiger charge is -2.36. The molecule has 0 spiro atoms. The Balaban J connectivity index is 1.44. The number of hydrogen-bond donors (Lipinski definition) is 1. The third-order valence-electron chi connectivity index (χ3n) is 4.21. The molecule has 1 fully saturated rings. The fourth-order valence-electron chi connectivity index (χ4n) is 3.21. The summed E-state index contributed by atoms with van der Waals surface area (Å²) in [4.78, 5) is 2.23. The van der Waals surface area contributed by atoms with Crippen LogP contribution in [0.5, 0.6) is 17.2 Å². The molecule has 1 aliphatic rings. The van der Waals surface area contributed by atoms with Crippen LogP contribution in [0.15, 0.2) is 54.6 Å². The van der Waals surface area contributed by atoms with Crippen LogP contribution in [0.3, 0.4) is 0 Å². The van der Waals surface area contributed by atoms with Crippen molar-refractivity contribution in [3.05, 3.63) is 54.6 Å². The Kier molecular flexibility index (Phi) is 6.50. The summed E-state index contributed by atoms with van der Waals surface area (Å²) in [6, 6.07) is 17.1. The topological polar surface area (TPSA) is 51.2 Å². The predicted octanol–water partition coefficient (Wildman–Crippen LogP) is 3.33. The van der Waals surface area contributed by atoms with Crippen molar-refractivity contribution in [3.8, 4) is 17.2 Å². The number of benzene rings is 2. The molecule has 1 N–H and O–H groups in total. The first-order valence-corrected chi connectivity index (χ1v) is 9.10. The van der Waals surface area contributed by atoms with Gasteiger partial charge in [0.05, 0.1) is 12.2 Å². The molecule has 140 valence electrons. The van der Waals surface area contributed by atoms with Gasteiger partial charge in [-0.2, -0.15) is 0 Å². The second kappa shape index (κ2) is 9.03. The molecular weight excluding hydrogens is 330 g/mol. The minimum absolute atomic E-state index is 0.198. The molecule has 0 aliphatic carbocycles. The minimum Gasteiger partial charge on any atom is -0.491 e. The molecule has 0 saturated carbocycles. The highest BCUT2D eigenvalue weighted by Crippen LogP contribution is 2.23. The fourth-order valence-corrected chi connectivity index (χ4v) is 3.21. The Morgan fingerprint density at radius 1 is 0.962 bits per heavy atom. The summed E-state index contributed by atoms with van der Waals surface area (Å²) in [5.74, 6) is 2.26. The van der Waals surface area contributed by atoms with Crippen molar-refractivity contribution >= 4 is 0 Å². The molecule has 0 amide bonds. The summed E-state index contributed by atoms with van der Waals surface area (Å²) in [6.45, 7) is 6.65. The van der Waals surface area contributed by atoms with Gasteiger partial charge in [0.25, 0.3) is 0 Å². The molecule has 1 saturated heterocycles. The Bertz CT molecular complexity index is 651. The molecule has 1 aliphatic heterocycles. The molecule has 0 bridgehead atoms. The molecule has 0 aromatic heterocycles. The van der Waals surface area contributed by atoms with Gasteiger partial charge in [0.15, 0.2) is 0 Å². The van der Waals surface area contributed by atoms with Crippen molar-refractivity contribution < 1.29 is 19.3 Å². The smallest absolute Gasteiger partial charge is 0.127 e. The standard InChI is InChI=1S/C21H27NO4/c1-16-12-22(13-17(2)25-16)14-18(23)15-24-19-8-10-21(11-9-19)26-20-6-4-3-5-7-20/h3-11,16-18,23H,12-15H2,1-2H3/t16-,17+,18-/m1/s1. The number of morpholine rings is 1. The summed E-state index contributed by atoms with van der Waals surface area (Å²) >= 11 is 0. The zero-order chi connectivity index (χ0) is 18.4. The van der Waals surface area contributed by atoms with Gasteiger partial charge in [-0.1, -0.05) is 18.2 Å². The fraction of sp³-hybridized carbons (Fsp3) is 0.429. The van der Waals surface area contributed by atoms with E-state index < -0.39 is 6.10 Å². The second-order valence-electron chi connectivity index (χ2n) is 6.83. The Hall–Kier alpha value is -2.08. The first-order valence-electron chi connectivity index (χ1n) is 9.10. The van der Waals surface area contributed by atoms with Crippen molar-refractivity contribution in [1.82, 2.24) is 4.90 Å². The maximum absolute atomic E-state index is 10.3. The Labute approximate surface area is 155 Å². The van der Waals surface area contributed by atoms with Gasteiger partial charge in [0.1, 0.15) is 30.0 Å². The van der Waals surface area contributed by atoms with Crippen LogP contribution in [0.4, 0.5) is 0 Å². The van der Waals surface area contributed by atoms with Gasteiger partial charge in [-0.05, 0) is 50.2 Å². The van der Waals surface area contributed by atoms with Gasteiger partial charge in [-0.3, -0.25) is 4.90 Å². The van der Waals surface area contributed by atoms with Gasteiger partial charge in [0, 0.05) is 19.6 Å². The number of rotatable bonds is 7. The van der Waals surface area contributed by atoms with Crippen molar-refractivity contribution in [3.63, 3.8) is 0 Å². The highest BCUT2D eigenvalue weighted by Gasteiger charge is 2.23. The van der Waals surface area contributed by atoms with Crippen molar-refractivity contribution in [2.24, 2.45) is 0 Å². The van der Waals surface area contributed by atoms with E-state index in [2.05, 4.69) is 18.7 Å². The van der Waals surface area contributed by atoms with E-state index in [4.69, 9.17) is 14.2 Å². The summed E-state index contributed by atoms with van der Waals surface area (Å²) < 4.78 is 17.2. The van der Waals surface area contributed by atoms with Gasteiger partial charge in [-0.25, -0.2) is 0 Å². The first kappa shape index (κ1) is 18.7. The minimum atomic E-state index is -0.534. The largest absolute Gasteiger partial charge is 0.491 e. The summed E-state index contributed by atoms with van der Waals surface area (Å²) in [5, 5.41) is 10.3. The molecule has 26 heavy (non-hydrogen) atoms. The van der Waals surface area contributed by atoms with Gasteiger partial charge in [-0.15, -0.1) is 0 Å². The SMILES string of the molecule is C[C@@H]1CN(C[C@@H](O)COc2ccc(Oc3ccccc3)cc2)C[C@H](C)O1. The molecule has 0 unspecified atom stereocenters. The number of hydrogen-bond acceptors (Lipinski definition) is 5. The number of aliphatic hydroxyl groups excluding tert-OH is 1. The van der Waals surface area contributed by atoms with E-state index in [9.17, 15) is 5.11 Å². The van der Waals surface area contributed by atoms with E-state index in [0.29, 0.717) is 12.3 Å². The monoisotopic (exact) mass is 357 g/mol. The highest BCUT2D eigenvalue weighted by atomic mass is 16.5. The molecule has 1 heterocycles. The third-order valence-corrected chi connectivity index (χ3v) is 4.21. The molecule has 2 aromatic rings. The molecular formula is C21H27NO4. The van der Waals surface area contributed by atoms with Crippen molar-refractivity contribution in [2.75, 3.05) is 26.2 Å². The molecule has 5 heteroatoms. The second-order valence-corrected chi connectivity index (χ2v) is 6.83. The third kappa shape index (κ3) is 5.73. The van der Waals surface area contributed by atoms with Crippen LogP contribution in [0.1, 0.15) is 13.8 Å². The maximum atomic E-state index is 10.3. The Morgan fingerprint density at radius 3 is 2.19 bits per heavy atom. The van der Waals surface area contributed by atoms with Gasteiger partial charge >= 0.3 is 0 Å². The lowest BCUT2D eigenvalue weighted by Crippen LogP contribution is -2.48. The van der Waals surface area contributed by atoms with Gasteiger partial charge in [0.2, 0.25) is 0 Å². The molecule has 5 nitrogen and oxygen atoms in total. The number of aliphatic hydroxyl groups is 1. The van der Waals surface area contributed by atoms with Gasteiger partial charge < -0.3 is 19.3 Å². The molecule has 3 rings (SSSR count). The van der Waals surface area contributed by atoms with Crippen molar-refractivity contribution in [1.29, 1.82) is 0 Å². The normalized spacial score (nSPS) is 22.0. The van der Waals surface area contributed by atoms with Crippen LogP contribution < -0.4 is 9.47 Å². The van der Waals surface area contributed by atoms with Crippen LogP contribution in [0.2, 0.25) is 0 Å². The molecule has 0 radical (unpaired) electrons. The van der Waals surface area contributed by atoms with E-state index in [-0.39, 0.29) is 18.8 Å². The molecule has 2 aromatic carbocycles. The zero-order valence-electron chi connectivity index (χ0n) is 15.4. The highest BCUT2D eigenvalue weighted by molar-refractivity contribution is 5.35. The summed E-state index contributed by atoms with van der Waals surface area (Å²) in [7, 11) is 0. The number of nitrogens with zero attached hydrogens (tertiary/aromatic N) is 1. The van der Waals surface area contributed by atoms with E-state index in [1.54, 1.807) is 0 Å². The van der Waals surface area contributed by atoms with E-state index in [1.807, 2.05) is 54.6 Å². The lowest BCUT2D eigenvalue weighted by atomic mass is 10.2. The zero-order valence-corrected chi connectivity index (χ0v) is 15.4. The lowest BCUT2D eigenvalue weighted by molar-refractivity contribution is -0.0786. The Morgan fingerprint density at radius 2 is 1.54 bits per heavy atom. The van der Waals surface area contributed by atoms with E-state index in [1.165, 1.54) is 0 Å². The van der Waals surface area contributed by atoms with E-state index >= 15 is 0 Å². The van der Waals surface area contributed by atoms with Crippen LogP contribution >= 0.6 is 0 Å². The molecule has 3 atom stereocenters. The van der Waals surface area contributed by atoms with Crippen LogP contribution in [-0.4, -0.2) is 54.6 Å². The van der Waals surface area contributed by atoms with Crippen molar-refractivity contribution in [2.45, 2.75) is 32.2 Å². The first-order chi connectivity index (χ1) is 12.6. The average molecular weight is 357 g/mol. The number of ether oxygens (including phenoxy) is 3. The van der Waals surface area contributed by atoms with Crippen LogP contribution in [-0.2, 0) is 4.74 Å². The van der Waals surface area contributed by atoms with E-state index in [0.717, 1.165) is 24.6 Å². The average Bonchev–Trinajstić information content (AvgIpc) is 2.61. The quantitative estimate of drug-likeness (QED) is 0.824. The summed E-state index contributed by atoms with van der Waals surface area (Å²) in [5.41, 5.74) is 0. The maximum Gasteiger partial charge on any atom is 0.127 e. The predicted molar refractivity (Wildman–Crippen MR) is 101 cm³/mol. The number of β-amino-alcohol motifs (C(OH)–C–C–N with tert-alkyl or cyclic N) is 1. The van der Waals surface area contributed by atoms with Crippen LogP contribution in [0, 0.1) is 0 Å². The summed E-state index contributed by atoms with van der Waals surface area (Å²) in [6.07, 6.45) is -0.138.